The Morgan fingerprint density at radius 2 is 2.09 bits per heavy atom. The number of aryl methyl sites for hydroxylation is 1. The summed E-state index contributed by atoms with van der Waals surface area (Å²) in [5, 5.41) is 1.87. The Morgan fingerprint density at radius 1 is 1.23 bits per heavy atom. The number of aromatic nitrogens is 2. The van der Waals surface area contributed by atoms with Crippen LogP contribution >= 0.6 is 27.5 Å². The Hall–Kier alpha value is -1.36. The highest BCUT2D eigenvalue weighted by Crippen LogP contribution is 2.35. The molecule has 2 heterocycles. The molecule has 22 heavy (non-hydrogen) atoms. The van der Waals surface area contributed by atoms with Gasteiger partial charge in [-0.3, -0.25) is 4.98 Å². The van der Waals surface area contributed by atoms with Gasteiger partial charge in [0.1, 0.15) is 5.69 Å². The average Bonchev–Trinajstić information content (AvgIpc) is 2.86. The molecule has 0 fully saturated rings. The molecule has 3 aromatic rings. The first-order valence-corrected chi connectivity index (χ1v) is 8.49. The van der Waals surface area contributed by atoms with Crippen molar-refractivity contribution in [2.24, 2.45) is 5.73 Å². The predicted octanol–water partition coefficient (Wildman–Crippen LogP) is 4.93. The van der Waals surface area contributed by atoms with Gasteiger partial charge in [-0.15, -0.1) is 0 Å². The number of halogens is 2. The third kappa shape index (κ3) is 3.05. The third-order valence-electron chi connectivity index (χ3n) is 3.74. The summed E-state index contributed by atoms with van der Waals surface area (Å²) >= 11 is 9.89. The van der Waals surface area contributed by atoms with Crippen LogP contribution in [0.4, 0.5) is 0 Å². The van der Waals surface area contributed by atoms with E-state index < -0.39 is 0 Å². The molecule has 0 aliphatic heterocycles. The van der Waals surface area contributed by atoms with Gasteiger partial charge in [-0.2, -0.15) is 0 Å². The van der Waals surface area contributed by atoms with E-state index in [2.05, 4.69) is 38.0 Å². The molecular formula is C17H17BrClN3. The number of pyridine rings is 1. The fourth-order valence-corrected chi connectivity index (χ4v) is 3.27. The van der Waals surface area contributed by atoms with Gasteiger partial charge in [-0.1, -0.05) is 27.5 Å². The maximum atomic E-state index is 6.34. The van der Waals surface area contributed by atoms with E-state index in [9.17, 15) is 0 Å². The summed E-state index contributed by atoms with van der Waals surface area (Å²) in [4.78, 5) is 7.93. The molecule has 0 saturated heterocycles. The van der Waals surface area contributed by atoms with Crippen molar-refractivity contribution in [3.63, 3.8) is 0 Å². The molecule has 0 atom stereocenters. The van der Waals surface area contributed by atoms with Crippen LogP contribution in [0.25, 0.3) is 22.3 Å². The molecule has 0 amide bonds. The van der Waals surface area contributed by atoms with Crippen molar-refractivity contribution in [1.29, 1.82) is 0 Å². The highest BCUT2D eigenvalue weighted by molar-refractivity contribution is 9.10. The van der Waals surface area contributed by atoms with Gasteiger partial charge < -0.3 is 10.7 Å². The molecule has 0 bridgehead atoms. The van der Waals surface area contributed by atoms with Gasteiger partial charge in [0, 0.05) is 21.6 Å². The standard InChI is InChI=1S/C17H17BrClN3/c18-11-6-7-15-13(10-11)12(4-1-2-8-20)16(22-15)17-14(19)5-3-9-21-17/h3,5-7,9-10,22H,1-2,4,8,20H2. The van der Waals surface area contributed by atoms with Crippen LogP contribution in [0.15, 0.2) is 41.0 Å². The maximum absolute atomic E-state index is 6.34. The van der Waals surface area contributed by atoms with Gasteiger partial charge in [0.25, 0.3) is 0 Å². The van der Waals surface area contributed by atoms with E-state index >= 15 is 0 Å². The quantitative estimate of drug-likeness (QED) is 0.619. The van der Waals surface area contributed by atoms with E-state index in [-0.39, 0.29) is 0 Å². The van der Waals surface area contributed by atoms with Crippen molar-refractivity contribution < 1.29 is 0 Å². The molecule has 0 aliphatic carbocycles. The number of unbranched alkanes of at least 4 members (excludes halogenated alkanes) is 1. The van der Waals surface area contributed by atoms with Crippen molar-refractivity contribution in [3.8, 4) is 11.4 Å². The summed E-state index contributed by atoms with van der Waals surface area (Å²) in [5.74, 6) is 0. The summed E-state index contributed by atoms with van der Waals surface area (Å²) in [6, 6.07) is 9.97. The maximum Gasteiger partial charge on any atom is 0.105 e. The zero-order valence-corrected chi connectivity index (χ0v) is 14.4. The van der Waals surface area contributed by atoms with Crippen LogP contribution in [-0.4, -0.2) is 16.5 Å². The number of hydrogen-bond donors (Lipinski definition) is 2. The monoisotopic (exact) mass is 377 g/mol. The highest BCUT2D eigenvalue weighted by atomic mass is 79.9. The second kappa shape index (κ2) is 6.82. The van der Waals surface area contributed by atoms with Crippen molar-refractivity contribution in [1.82, 2.24) is 9.97 Å². The van der Waals surface area contributed by atoms with Crippen LogP contribution < -0.4 is 5.73 Å². The highest BCUT2D eigenvalue weighted by Gasteiger charge is 2.16. The van der Waals surface area contributed by atoms with Gasteiger partial charge in [0.15, 0.2) is 0 Å². The minimum atomic E-state index is 0.660. The fourth-order valence-electron chi connectivity index (χ4n) is 2.70. The first-order valence-electron chi connectivity index (χ1n) is 7.31. The summed E-state index contributed by atoms with van der Waals surface area (Å²) in [6.07, 6.45) is 4.78. The Morgan fingerprint density at radius 3 is 2.86 bits per heavy atom. The number of nitrogens with two attached hydrogens (primary N) is 1. The molecule has 3 N–H and O–H groups in total. The molecule has 2 aromatic heterocycles. The molecule has 114 valence electrons. The lowest BCUT2D eigenvalue weighted by molar-refractivity contribution is 0.748. The van der Waals surface area contributed by atoms with Crippen LogP contribution in [0.2, 0.25) is 5.02 Å². The van der Waals surface area contributed by atoms with Gasteiger partial charge >= 0.3 is 0 Å². The van der Waals surface area contributed by atoms with E-state index in [0.717, 1.165) is 40.6 Å². The fraction of sp³-hybridized carbons (Fsp3) is 0.235. The van der Waals surface area contributed by atoms with Crippen LogP contribution in [0.3, 0.4) is 0 Å². The summed E-state index contributed by atoms with van der Waals surface area (Å²) in [5.41, 5.74) is 9.80. The van der Waals surface area contributed by atoms with Crippen molar-refractivity contribution >= 4 is 38.4 Å². The van der Waals surface area contributed by atoms with Crippen molar-refractivity contribution in [2.75, 3.05) is 6.54 Å². The Kier molecular flexibility index (Phi) is 4.81. The SMILES string of the molecule is NCCCCc1c(-c2ncccc2Cl)[nH]c2ccc(Br)cc12. The van der Waals surface area contributed by atoms with E-state index in [1.54, 1.807) is 6.20 Å². The minimum absolute atomic E-state index is 0.660. The van der Waals surface area contributed by atoms with Crippen molar-refractivity contribution in [2.45, 2.75) is 19.3 Å². The number of aromatic amines is 1. The molecule has 0 radical (unpaired) electrons. The first-order chi connectivity index (χ1) is 10.7. The molecule has 1 aromatic carbocycles. The molecular weight excluding hydrogens is 362 g/mol. The lowest BCUT2D eigenvalue weighted by Crippen LogP contribution is -1.99. The second-order valence-electron chi connectivity index (χ2n) is 5.25. The summed E-state index contributed by atoms with van der Waals surface area (Å²) in [6.45, 7) is 0.714. The molecule has 0 aliphatic rings. The number of rotatable bonds is 5. The molecule has 0 saturated carbocycles. The van der Waals surface area contributed by atoms with E-state index in [1.165, 1.54) is 10.9 Å². The number of benzene rings is 1. The number of H-pyrrole nitrogens is 1. The zero-order valence-electron chi connectivity index (χ0n) is 12.1. The van der Waals surface area contributed by atoms with Gasteiger partial charge in [0.2, 0.25) is 0 Å². The van der Waals surface area contributed by atoms with Gasteiger partial charge in [-0.05, 0) is 61.7 Å². The topological polar surface area (TPSA) is 54.7 Å². The number of nitrogens with one attached hydrogen (secondary N) is 1. The number of nitrogens with zero attached hydrogens (tertiary/aromatic N) is 1. The molecule has 3 rings (SSSR count). The van der Waals surface area contributed by atoms with Gasteiger partial charge in [0.05, 0.1) is 10.7 Å². The van der Waals surface area contributed by atoms with E-state index in [4.69, 9.17) is 17.3 Å². The largest absolute Gasteiger partial charge is 0.353 e. The minimum Gasteiger partial charge on any atom is -0.353 e. The Bertz CT molecular complexity index is 798. The second-order valence-corrected chi connectivity index (χ2v) is 6.57. The number of hydrogen-bond acceptors (Lipinski definition) is 2. The predicted molar refractivity (Wildman–Crippen MR) is 96.2 cm³/mol. The van der Waals surface area contributed by atoms with Crippen molar-refractivity contribution in [3.05, 3.63) is 51.6 Å². The molecule has 3 nitrogen and oxygen atoms in total. The summed E-state index contributed by atoms with van der Waals surface area (Å²) < 4.78 is 1.07. The Labute approximate surface area is 143 Å². The summed E-state index contributed by atoms with van der Waals surface area (Å²) in [7, 11) is 0. The number of fused-ring (bicyclic) bond motifs is 1. The normalized spacial score (nSPS) is 11.2. The lowest BCUT2D eigenvalue weighted by atomic mass is 10.0. The lowest BCUT2D eigenvalue weighted by Gasteiger charge is -2.06. The molecule has 0 spiro atoms. The molecule has 5 heteroatoms. The smallest absolute Gasteiger partial charge is 0.105 e. The van der Waals surface area contributed by atoms with Crippen LogP contribution in [0.1, 0.15) is 18.4 Å². The van der Waals surface area contributed by atoms with Crippen LogP contribution in [0, 0.1) is 0 Å². The van der Waals surface area contributed by atoms with Crippen LogP contribution in [0.5, 0.6) is 0 Å². The first kappa shape index (κ1) is 15.5. The van der Waals surface area contributed by atoms with Gasteiger partial charge in [-0.25, -0.2) is 0 Å². The zero-order chi connectivity index (χ0) is 15.5. The molecule has 0 unspecified atom stereocenters. The average molecular weight is 379 g/mol. The Balaban J connectivity index is 2.15. The van der Waals surface area contributed by atoms with E-state index in [0.29, 0.717) is 11.6 Å². The van der Waals surface area contributed by atoms with Crippen LogP contribution in [-0.2, 0) is 6.42 Å². The third-order valence-corrected chi connectivity index (χ3v) is 4.54. The van der Waals surface area contributed by atoms with E-state index in [1.807, 2.05) is 18.2 Å².